The number of nitrogens with one attached hydrogen (secondary N) is 2. The molecule has 0 bridgehead atoms. The van der Waals surface area contributed by atoms with E-state index in [-0.39, 0.29) is 17.2 Å². The highest BCUT2D eigenvalue weighted by atomic mass is 16.5. The van der Waals surface area contributed by atoms with Crippen molar-refractivity contribution in [3.8, 4) is 5.75 Å². The molecule has 0 atom stereocenters. The van der Waals surface area contributed by atoms with Crippen molar-refractivity contribution in [3.63, 3.8) is 0 Å². The zero-order chi connectivity index (χ0) is 20.5. The number of anilines is 2. The lowest BCUT2D eigenvalue weighted by atomic mass is 9.87. The van der Waals surface area contributed by atoms with E-state index in [9.17, 15) is 9.59 Å². The molecule has 1 aliphatic rings. The van der Waals surface area contributed by atoms with Crippen molar-refractivity contribution in [2.75, 3.05) is 17.7 Å². The molecule has 2 N–H and O–H groups in total. The highest BCUT2D eigenvalue weighted by Gasteiger charge is 2.56. The zero-order valence-corrected chi connectivity index (χ0v) is 17.2. The summed E-state index contributed by atoms with van der Waals surface area (Å²) < 4.78 is 5.31. The van der Waals surface area contributed by atoms with Crippen LogP contribution in [0.15, 0.2) is 42.5 Å². The Kier molecular flexibility index (Phi) is 5.20. The third-order valence-electron chi connectivity index (χ3n) is 5.23. The summed E-state index contributed by atoms with van der Waals surface area (Å²) >= 11 is 0. The maximum absolute atomic E-state index is 12.9. The third-order valence-corrected chi connectivity index (χ3v) is 5.23. The first-order chi connectivity index (χ1) is 13.2. The van der Waals surface area contributed by atoms with Crippen LogP contribution < -0.4 is 15.4 Å². The average molecular weight is 380 g/mol. The lowest BCUT2D eigenvalue weighted by molar-refractivity contribution is -0.131. The summed E-state index contributed by atoms with van der Waals surface area (Å²) in [5.74, 6) is 0.0215. The van der Waals surface area contributed by atoms with Crippen LogP contribution in [0.4, 0.5) is 11.4 Å². The number of carbonyl (C=O) groups excluding carboxylic acids is 2. The first-order valence-corrected chi connectivity index (χ1v) is 9.54. The van der Waals surface area contributed by atoms with Crippen molar-refractivity contribution in [2.24, 2.45) is 5.41 Å². The van der Waals surface area contributed by atoms with E-state index in [1.165, 1.54) is 5.56 Å². The molecule has 148 valence electrons. The van der Waals surface area contributed by atoms with E-state index in [1.54, 1.807) is 13.2 Å². The van der Waals surface area contributed by atoms with E-state index in [0.29, 0.717) is 30.0 Å². The summed E-state index contributed by atoms with van der Waals surface area (Å²) in [6.45, 7) is 8.37. The van der Waals surface area contributed by atoms with Gasteiger partial charge in [0.25, 0.3) is 0 Å². The van der Waals surface area contributed by atoms with Crippen LogP contribution in [-0.4, -0.2) is 18.9 Å². The van der Waals surface area contributed by atoms with Crippen LogP contribution in [0, 0.1) is 12.3 Å². The Labute approximate surface area is 166 Å². The number of rotatable bonds is 5. The van der Waals surface area contributed by atoms with Gasteiger partial charge in [-0.15, -0.1) is 0 Å². The molecule has 5 nitrogen and oxygen atoms in total. The lowest BCUT2D eigenvalue weighted by Crippen LogP contribution is -2.35. The van der Waals surface area contributed by atoms with Gasteiger partial charge >= 0.3 is 0 Å². The molecule has 0 aliphatic heterocycles. The minimum absolute atomic E-state index is 0.0486. The molecule has 0 radical (unpaired) electrons. The van der Waals surface area contributed by atoms with Gasteiger partial charge in [0.2, 0.25) is 11.8 Å². The van der Waals surface area contributed by atoms with Crippen molar-refractivity contribution < 1.29 is 14.3 Å². The Morgan fingerprint density at radius 2 is 1.57 bits per heavy atom. The normalized spacial score (nSPS) is 14.9. The SMILES string of the molecule is COc1ccc(C)cc1NC(=O)C1(C(=O)Nc2ccc(C(C)(C)C)cc2)CC1. The van der Waals surface area contributed by atoms with Crippen LogP contribution in [0.1, 0.15) is 44.7 Å². The maximum atomic E-state index is 12.9. The number of methoxy groups -OCH3 is 1. The van der Waals surface area contributed by atoms with E-state index >= 15 is 0 Å². The summed E-state index contributed by atoms with van der Waals surface area (Å²) in [6.07, 6.45) is 1.08. The lowest BCUT2D eigenvalue weighted by Gasteiger charge is -2.20. The minimum Gasteiger partial charge on any atom is -0.495 e. The molecule has 1 fully saturated rings. The van der Waals surface area contributed by atoms with Gasteiger partial charge in [0.1, 0.15) is 11.2 Å². The number of hydrogen-bond donors (Lipinski definition) is 2. The maximum Gasteiger partial charge on any atom is 0.240 e. The Hall–Kier alpha value is -2.82. The van der Waals surface area contributed by atoms with Crippen molar-refractivity contribution in [2.45, 2.75) is 46.0 Å². The first-order valence-electron chi connectivity index (χ1n) is 9.54. The quantitative estimate of drug-likeness (QED) is 0.742. The third kappa shape index (κ3) is 4.03. The van der Waals surface area contributed by atoms with Gasteiger partial charge in [0.05, 0.1) is 12.8 Å². The highest BCUT2D eigenvalue weighted by Crippen LogP contribution is 2.48. The molecule has 2 amide bonds. The molecule has 2 aromatic carbocycles. The van der Waals surface area contributed by atoms with Crippen molar-refractivity contribution in [3.05, 3.63) is 53.6 Å². The van der Waals surface area contributed by atoms with E-state index < -0.39 is 5.41 Å². The standard InChI is InChI=1S/C23H28N2O3/c1-15-6-11-19(28-5)18(14-15)25-21(27)23(12-13-23)20(26)24-17-9-7-16(8-10-17)22(2,3)4/h6-11,14H,12-13H2,1-5H3,(H,24,26)(H,25,27). The van der Waals surface area contributed by atoms with Gasteiger partial charge < -0.3 is 15.4 Å². The average Bonchev–Trinajstić information content (AvgIpc) is 3.44. The van der Waals surface area contributed by atoms with Crippen molar-refractivity contribution in [1.29, 1.82) is 0 Å². The first kappa shape index (κ1) is 19.9. The molecule has 2 aromatic rings. The number of hydrogen-bond acceptors (Lipinski definition) is 3. The summed E-state index contributed by atoms with van der Waals surface area (Å²) in [7, 11) is 1.56. The van der Waals surface area contributed by atoms with Gasteiger partial charge in [0, 0.05) is 5.69 Å². The number of aryl methyl sites for hydroxylation is 1. The fourth-order valence-electron chi connectivity index (χ4n) is 3.15. The van der Waals surface area contributed by atoms with Crippen molar-refractivity contribution in [1.82, 2.24) is 0 Å². The fourth-order valence-corrected chi connectivity index (χ4v) is 3.15. The van der Waals surface area contributed by atoms with E-state index in [1.807, 2.05) is 43.3 Å². The second kappa shape index (κ2) is 7.30. The molecule has 1 saturated carbocycles. The minimum atomic E-state index is -1.02. The van der Waals surface area contributed by atoms with Crippen LogP contribution in [-0.2, 0) is 15.0 Å². The Bertz CT molecular complexity index is 891. The van der Waals surface area contributed by atoms with E-state index in [4.69, 9.17) is 4.74 Å². The predicted octanol–water partition coefficient (Wildman–Crippen LogP) is 4.66. The second-order valence-corrected chi connectivity index (χ2v) is 8.52. The molecule has 28 heavy (non-hydrogen) atoms. The van der Waals surface area contributed by atoms with Crippen molar-refractivity contribution >= 4 is 23.2 Å². The van der Waals surface area contributed by atoms with Gasteiger partial charge in [-0.05, 0) is 60.6 Å². The Morgan fingerprint density at radius 1 is 0.964 bits per heavy atom. The molecule has 3 rings (SSSR count). The summed E-state index contributed by atoms with van der Waals surface area (Å²) in [4.78, 5) is 25.7. The van der Waals surface area contributed by atoms with Crippen LogP contribution in [0.25, 0.3) is 0 Å². The van der Waals surface area contributed by atoms with Gasteiger partial charge in [0.15, 0.2) is 0 Å². The smallest absolute Gasteiger partial charge is 0.240 e. The largest absolute Gasteiger partial charge is 0.495 e. The van der Waals surface area contributed by atoms with Gasteiger partial charge in [-0.2, -0.15) is 0 Å². The molecule has 5 heteroatoms. The Balaban J connectivity index is 1.72. The molecule has 0 saturated heterocycles. The van der Waals surface area contributed by atoms with Gasteiger partial charge in [-0.25, -0.2) is 0 Å². The second-order valence-electron chi connectivity index (χ2n) is 8.52. The van der Waals surface area contributed by atoms with Crippen LogP contribution in [0.3, 0.4) is 0 Å². The number of carbonyl (C=O) groups is 2. The molecule has 0 aromatic heterocycles. The summed E-state index contributed by atoms with van der Waals surface area (Å²) in [6, 6.07) is 13.3. The zero-order valence-electron chi connectivity index (χ0n) is 17.2. The highest BCUT2D eigenvalue weighted by molar-refractivity contribution is 6.17. The monoisotopic (exact) mass is 380 g/mol. The van der Waals surface area contributed by atoms with E-state index in [2.05, 4.69) is 31.4 Å². The number of amides is 2. The molecular formula is C23H28N2O3. The molecule has 0 unspecified atom stereocenters. The summed E-state index contributed by atoms with van der Waals surface area (Å²) in [5, 5.41) is 5.77. The van der Waals surface area contributed by atoms with Crippen LogP contribution in [0.2, 0.25) is 0 Å². The van der Waals surface area contributed by atoms with Crippen LogP contribution in [0.5, 0.6) is 5.75 Å². The predicted molar refractivity (Wildman–Crippen MR) is 112 cm³/mol. The van der Waals surface area contributed by atoms with Gasteiger partial charge in [-0.3, -0.25) is 9.59 Å². The Morgan fingerprint density at radius 3 is 2.11 bits per heavy atom. The van der Waals surface area contributed by atoms with E-state index in [0.717, 1.165) is 5.56 Å². The summed E-state index contributed by atoms with van der Waals surface area (Å²) in [5.41, 5.74) is 2.51. The molecular weight excluding hydrogens is 352 g/mol. The molecule has 0 spiro atoms. The topological polar surface area (TPSA) is 67.4 Å². The molecule has 1 aliphatic carbocycles. The van der Waals surface area contributed by atoms with Gasteiger partial charge in [-0.1, -0.05) is 39.0 Å². The van der Waals surface area contributed by atoms with Crippen LogP contribution >= 0.6 is 0 Å². The number of benzene rings is 2. The fraction of sp³-hybridized carbons (Fsp3) is 0.391. The number of ether oxygens (including phenoxy) is 1. The molecule has 0 heterocycles.